The zero-order valence-corrected chi connectivity index (χ0v) is 11.9. The van der Waals surface area contributed by atoms with E-state index in [-0.39, 0.29) is 21.1 Å². The van der Waals surface area contributed by atoms with Crippen molar-refractivity contribution < 1.29 is 21.1 Å². The molecule has 0 fully saturated rings. The molecule has 3 aromatic rings. The average molecular weight is 321 g/mol. The van der Waals surface area contributed by atoms with Gasteiger partial charge < -0.3 is 10.5 Å². The van der Waals surface area contributed by atoms with Crippen LogP contribution in [0, 0.1) is 4.91 Å². The first-order valence-corrected chi connectivity index (χ1v) is 5.18. The van der Waals surface area contributed by atoms with Gasteiger partial charge in [-0.05, 0) is 0 Å². The van der Waals surface area contributed by atoms with Crippen molar-refractivity contribution in [2.24, 2.45) is 0 Å². The summed E-state index contributed by atoms with van der Waals surface area (Å²) < 4.78 is 0. The predicted molar refractivity (Wildman–Crippen MR) is 72.8 cm³/mol. The molecule has 0 aliphatic carbocycles. The molecule has 92 valence electrons. The minimum atomic E-state index is 0. The van der Waals surface area contributed by atoms with Gasteiger partial charge >= 0.3 is 21.1 Å². The van der Waals surface area contributed by atoms with Gasteiger partial charge in [-0.15, -0.1) is 0 Å². The minimum Gasteiger partial charge on any atom is -0.577 e. The Labute approximate surface area is 122 Å². The number of rotatable bonds is 0. The summed E-state index contributed by atoms with van der Waals surface area (Å²) in [5.41, 5.74) is 5.75. The third-order valence-corrected chi connectivity index (χ3v) is 1.67. The number of hydrogen-bond acceptors (Lipinski definition) is 1. The van der Waals surface area contributed by atoms with Crippen LogP contribution in [0.25, 0.3) is 5.59 Å². The zero-order valence-electron chi connectivity index (χ0n) is 9.92. The quantitative estimate of drug-likeness (QED) is 0.443. The maximum atomic E-state index is 7.25. The summed E-state index contributed by atoms with van der Waals surface area (Å²) in [5.74, 6) is 0. The first kappa shape index (κ1) is 18.7. The van der Waals surface area contributed by atoms with Gasteiger partial charge in [0.25, 0.3) is 0 Å². The fraction of sp³-hybridized carbons (Fsp3) is 0. The molecule has 3 rings (SSSR count). The predicted octanol–water partition coefficient (Wildman–Crippen LogP) is 4.54. The summed E-state index contributed by atoms with van der Waals surface area (Å²) in [5, 5.41) is 0. The molecule has 0 unspecified atom stereocenters. The molecule has 0 aliphatic rings. The Balaban J connectivity index is 0. The second-order valence-electron chi connectivity index (χ2n) is 2.89. The van der Waals surface area contributed by atoms with Crippen molar-refractivity contribution in [1.29, 1.82) is 0 Å². The van der Waals surface area contributed by atoms with E-state index < -0.39 is 0 Å². The van der Waals surface area contributed by atoms with Crippen LogP contribution in [0.1, 0.15) is 0 Å². The van der Waals surface area contributed by atoms with Gasteiger partial charge in [0.15, 0.2) is 0 Å². The van der Waals surface area contributed by atoms with Crippen molar-refractivity contribution >= 4 is 0 Å². The van der Waals surface area contributed by atoms with Gasteiger partial charge in [-0.3, -0.25) is 0 Å². The van der Waals surface area contributed by atoms with E-state index >= 15 is 0 Å². The molecule has 0 bridgehead atoms. The van der Waals surface area contributed by atoms with Crippen LogP contribution in [0.2, 0.25) is 0 Å². The third-order valence-electron chi connectivity index (χ3n) is 1.67. The summed E-state index contributed by atoms with van der Waals surface area (Å²) in [7, 11) is 0. The topological polar surface area (TPSA) is 39.4 Å². The monoisotopic (exact) mass is 323 g/mol. The number of hydrogen-bond donors (Lipinski definition) is 0. The van der Waals surface area contributed by atoms with Gasteiger partial charge in [-0.25, -0.2) is 36.4 Å². The van der Waals surface area contributed by atoms with Crippen molar-refractivity contribution in [3.8, 4) is 0 Å². The van der Waals surface area contributed by atoms with Crippen molar-refractivity contribution in [1.82, 2.24) is 0 Å². The molecule has 2 nitrogen and oxygen atoms in total. The summed E-state index contributed by atoms with van der Waals surface area (Å²) in [6.07, 6.45) is 0. The molecule has 0 N–H and O–H groups in total. The van der Waals surface area contributed by atoms with E-state index in [1.165, 1.54) is 0 Å². The maximum absolute atomic E-state index is 7.25. The molecule has 0 amide bonds. The van der Waals surface area contributed by atoms with Gasteiger partial charge in [0.05, 0.1) is 0 Å². The van der Waals surface area contributed by atoms with Gasteiger partial charge in [-0.2, -0.15) is 54.6 Å². The zero-order chi connectivity index (χ0) is 12.6. The van der Waals surface area contributed by atoms with E-state index in [4.69, 9.17) is 10.5 Å². The Morgan fingerprint density at radius 3 is 0.722 bits per heavy atom. The number of nitroso groups, excluding NO2 is 1. The van der Waals surface area contributed by atoms with Crippen molar-refractivity contribution in [2.75, 3.05) is 0 Å². The molecule has 0 heterocycles. The maximum Gasteiger partial charge on any atom is 4.00 e. The molecule has 18 heavy (non-hydrogen) atoms. The fourth-order valence-corrected chi connectivity index (χ4v) is 0.962. The van der Waals surface area contributed by atoms with Crippen LogP contribution in [0.3, 0.4) is 0 Å². The molecule has 0 saturated heterocycles. The van der Waals surface area contributed by atoms with Crippen LogP contribution in [0.5, 0.6) is 0 Å². The molecule has 0 saturated carbocycles. The summed E-state index contributed by atoms with van der Waals surface area (Å²) >= 11 is 0. The van der Waals surface area contributed by atoms with E-state index in [0.717, 1.165) is 0 Å². The van der Waals surface area contributed by atoms with E-state index in [1.807, 2.05) is 91.0 Å². The molecular weight excluding hydrogens is 306 g/mol. The van der Waals surface area contributed by atoms with Gasteiger partial charge in [0.2, 0.25) is 0 Å². The number of nitrogens with zero attached hydrogens (tertiary/aromatic N) is 1. The Kier molecular flexibility index (Phi) is 18.4. The fourth-order valence-electron chi connectivity index (χ4n) is 0.962. The van der Waals surface area contributed by atoms with Crippen molar-refractivity contribution in [3.63, 3.8) is 0 Å². The van der Waals surface area contributed by atoms with Crippen molar-refractivity contribution in [2.45, 2.75) is 0 Å². The molecule has 0 aromatic heterocycles. The van der Waals surface area contributed by atoms with Crippen LogP contribution < -0.4 is 0 Å². The molecule has 0 radical (unpaired) electrons. The summed E-state index contributed by atoms with van der Waals surface area (Å²) in [6.45, 7) is 0. The SMILES string of the molecule is [Mo+4].[N-]=O.c1cc[cH-]c1.c1cc[cH-]c1.c1cc[cH-]c1. The van der Waals surface area contributed by atoms with Crippen LogP contribution in [0.4, 0.5) is 0 Å². The van der Waals surface area contributed by atoms with Crippen LogP contribution in [-0.2, 0) is 21.1 Å². The van der Waals surface area contributed by atoms with Gasteiger partial charge in [0, 0.05) is 0 Å². The Morgan fingerprint density at radius 2 is 0.667 bits per heavy atom. The summed E-state index contributed by atoms with van der Waals surface area (Å²) in [4.78, 5) is 7.25. The van der Waals surface area contributed by atoms with Gasteiger partial charge in [-0.1, -0.05) is 0 Å². The third kappa shape index (κ3) is 14.3. The Hall–Kier alpha value is -1.66. The second-order valence-corrected chi connectivity index (χ2v) is 2.89. The smallest absolute Gasteiger partial charge is 0.577 e. The second kappa shape index (κ2) is 17.7. The Morgan fingerprint density at radius 1 is 0.500 bits per heavy atom. The van der Waals surface area contributed by atoms with Crippen LogP contribution in [-0.4, -0.2) is 0 Å². The largest absolute Gasteiger partial charge is 4.00 e. The molecule has 0 aliphatic heterocycles. The van der Waals surface area contributed by atoms with E-state index in [2.05, 4.69) is 0 Å². The normalized spacial score (nSPS) is 6.89. The van der Waals surface area contributed by atoms with Crippen LogP contribution >= 0.6 is 0 Å². The molecule has 0 atom stereocenters. The molecular formula is C15H15MoNO. The molecule has 3 aromatic carbocycles. The molecule has 0 spiro atoms. The first-order valence-electron chi connectivity index (χ1n) is 5.18. The molecule has 3 heteroatoms. The average Bonchev–Trinajstić information content (AvgIpc) is 3.16. The minimum absolute atomic E-state index is 0. The Bertz CT molecular complexity index is 262. The van der Waals surface area contributed by atoms with Gasteiger partial charge in [0.1, 0.15) is 0 Å². The van der Waals surface area contributed by atoms with E-state index in [1.54, 1.807) is 0 Å². The van der Waals surface area contributed by atoms with Crippen molar-refractivity contribution in [3.05, 3.63) is 101 Å². The summed E-state index contributed by atoms with van der Waals surface area (Å²) in [6, 6.07) is 30.0. The van der Waals surface area contributed by atoms with Crippen LogP contribution in [0.15, 0.2) is 91.0 Å². The van der Waals surface area contributed by atoms with E-state index in [9.17, 15) is 0 Å². The van der Waals surface area contributed by atoms with E-state index in [0.29, 0.717) is 0 Å². The first-order chi connectivity index (χ1) is 8.50. The standard InChI is InChI=1S/3C5H5.Mo.NO/c3*1-2-4-5-3-1;;1-2/h3*1-5H;;/q3*-1;+4;-1.